The molecule has 0 fully saturated rings. The highest BCUT2D eigenvalue weighted by atomic mass is 36.0. The molecule has 0 saturated heterocycles. The molecule has 0 aliphatic rings. The summed E-state index contributed by atoms with van der Waals surface area (Å²) in [6, 6.07) is 0. The first-order valence-corrected chi connectivity index (χ1v) is 27.1. The smallest absolute Gasteiger partial charge is 0.391 e. The Labute approximate surface area is 422 Å². The quantitative estimate of drug-likeness (QED) is 0.0308. The van der Waals surface area contributed by atoms with E-state index in [2.05, 4.69) is 33.6 Å². The molecule has 69 heavy (non-hydrogen) atoms. The fraction of sp³-hybridized carbons (Fsp3) is 0.933. The number of hydrogen-bond donors (Lipinski definition) is 3. The molecule has 0 aromatic heterocycles. The highest BCUT2D eigenvalue weighted by Gasteiger charge is 2.27. The number of amides is 1. The summed E-state index contributed by atoms with van der Waals surface area (Å²) < 4.78 is 129. The summed E-state index contributed by atoms with van der Waals surface area (Å²) >= 11 is 5.13. The summed E-state index contributed by atoms with van der Waals surface area (Å²) in [4.78, 5) is 34.1. The van der Waals surface area contributed by atoms with Crippen LogP contribution in [0.1, 0.15) is 180 Å². The second-order valence-corrected chi connectivity index (χ2v) is 18.8. The number of ether oxygens (including phenoxy) is 3. The predicted molar refractivity (Wildman–Crippen MR) is 258 cm³/mol. The number of nitrogens with one attached hydrogen (secondary N) is 1. The number of rotatable bonds is 39. The van der Waals surface area contributed by atoms with E-state index < -0.39 is 53.0 Å². The number of aliphatic hydroxyl groups is 1. The van der Waals surface area contributed by atoms with Crippen LogP contribution in [0.3, 0.4) is 0 Å². The van der Waals surface area contributed by atoms with Crippen LogP contribution < -0.4 is 5.32 Å². The number of alkyl halides is 9. The average Bonchev–Trinajstić information content (AvgIpc) is 3.23. The first-order chi connectivity index (χ1) is 32.3. The van der Waals surface area contributed by atoms with Gasteiger partial charge in [-0.2, -0.15) is 39.5 Å². The first-order valence-electron chi connectivity index (χ1n) is 23.9. The molecule has 0 bridgehead atoms. The molecule has 0 radical (unpaired) electrons. The van der Waals surface area contributed by atoms with Crippen molar-refractivity contribution in [2.75, 3.05) is 73.4 Å². The molecule has 0 atom stereocenters. The molecular formula is C45H84Cl3F9N2O9S. The molecule has 0 aliphatic carbocycles. The first kappa shape index (κ1) is 76.7. The number of hydrogen-bond acceptors (Lipinski definition) is 9. The van der Waals surface area contributed by atoms with Gasteiger partial charge in [0.05, 0.1) is 39.1 Å². The summed E-state index contributed by atoms with van der Waals surface area (Å²) in [5.41, 5.74) is 0. The predicted octanol–water partition coefficient (Wildman–Crippen LogP) is 13.8. The molecule has 0 aromatic rings. The van der Waals surface area contributed by atoms with E-state index in [4.69, 9.17) is 40.2 Å². The lowest BCUT2D eigenvalue weighted by atomic mass is 10.1. The lowest BCUT2D eigenvalue weighted by Gasteiger charge is -2.17. The van der Waals surface area contributed by atoms with E-state index in [0.29, 0.717) is 51.9 Å². The maximum Gasteiger partial charge on any atom is 0.391 e. The zero-order valence-corrected chi connectivity index (χ0v) is 44.2. The van der Waals surface area contributed by atoms with Crippen molar-refractivity contribution in [1.29, 1.82) is 0 Å². The Morgan fingerprint density at radius 1 is 0.551 bits per heavy atom. The van der Waals surface area contributed by atoms with Crippen LogP contribution in [-0.2, 0) is 37.8 Å². The van der Waals surface area contributed by atoms with Crippen molar-refractivity contribution >= 4 is 59.3 Å². The summed E-state index contributed by atoms with van der Waals surface area (Å²) in [7, 11) is 11.2. The second-order valence-electron chi connectivity index (χ2n) is 15.8. The topological polar surface area (TPSA) is 152 Å². The number of aliphatic hydroxyl groups excluding tert-OH is 1. The number of aliphatic carboxylic acids is 1. The zero-order chi connectivity index (χ0) is 53.7. The van der Waals surface area contributed by atoms with Gasteiger partial charge in [0, 0.05) is 80.6 Å². The third-order valence-electron chi connectivity index (χ3n) is 9.22. The third-order valence-corrected chi connectivity index (χ3v) is 9.41. The van der Waals surface area contributed by atoms with E-state index in [1.165, 1.54) is 38.6 Å². The Morgan fingerprint density at radius 3 is 1.26 bits per heavy atom. The lowest BCUT2D eigenvalue weighted by Crippen LogP contribution is -2.27. The van der Waals surface area contributed by atoms with Crippen LogP contribution in [0.15, 0.2) is 0 Å². The molecule has 11 nitrogen and oxygen atoms in total. The van der Waals surface area contributed by atoms with E-state index >= 15 is 0 Å². The number of carboxylic acid groups (broad SMARTS) is 1. The number of carbonyl (C=O) groups excluding carboxylic acids is 2. The number of unbranched alkanes of at least 4 members (excludes halogenated alkanes) is 16. The monoisotopic (exact) mass is 1100 g/mol. The second kappa shape index (κ2) is 56.1. The van der Waals surface area contributed by atoms with Crippen LogP contribution in [0.5, 0.6) is 0 Å². The Hall–Kier alpha value is -1.20. The number of carbonyl (C=O) groups is 3. The molecule has 0 heterocycles. The Balaban J connectivity index is -0.000000268. The van der Waals surface area contributed by atoms with Crippen LogP contribution in [0.4, 0.5) is 39.5 Å². The summed E-state index contributed by atoms with van der Waals surface area (Å²) in [6.45, 7) is 4.56. The van der Waals surface area contributed by atoms with Crippen molar-refractivity contribution in [1.82, 2.24) is 10.2 Å². The van der Waals surface area contributed by atoms with Crippen LogP contribution in [0, 0.1) is 0 Å². The summed E-state index contributed by atoms with van der Waals surface area (Å²) in [5.74, 6) is -0.681. The fourth-order valence-corrected chi connectivity index (χ4v) is 5.53. The van der Waals surface area contributed by atoms with Crippen LogP contribution in [0.25, 0.3) is 0 Å². The summed E-state index contributed by atoms with van der Waals surface area (Å²) in [5, 5.41) is 19.8. The Kier molecular flexibility index (Phi) is 62.4. The van der Waals surface area contributed by atoms with Crippen LogP contribution in [0.2, 0.25) is 0 Å². The highest BCUT2D eigenvalue weighted by molar-refractivity contribution is 8.26. The zero-order valence-electron chi connectivity index (χ0n) is 41.1. The van der Waals surface area contributed by atoms with Crippen LogP contribution in [-0.4, -0.2) is 128 Å². The Morgan fingerprint density at radius 2 is 0.899 bits per heavy atom. The summed E-state index contributed by atoms with van der Waals surface area (Å²) in [6.07, 6.45) is 5.85. The van der Waals surface area contributed by atoms with Gasteiger partial charge in [-0.15, -0.1) is 0 Å². The lowest BCUT2D eigenvalue weighted by molar-refractivity contribution is -0.146. The Bertz CT molecular complexity index is 1100. The molecule has 0 spiro atoms. The van der Waals surface area contributed by atoms with Crippen molar-refractivity contribution in [2.24, 2.45) is 0 Å². The number of nitrogens with zero attached hydrogens (tertiary/aromatic N) is 1. The van der Waals surface area contributed by atoms with E-state index in [0.717, 1.165) is 90.0 Å². The average molecular weight is 1110 g/mol. The van der Waals surface area contributed by atoms with Gasteiger partial charge in [0.25, 0.3) is 0 Å². The largest absolute Gasteiger partial charge is 0.481 e. The highest BCUT2D eigenvalue weighted by Crippen LogP contribution is 2.21. The van der Waals surface area contributed by atoms with E-state index in [1.807, 2.05) is 14.1 Å². The number of halogens is 12. The molecule has 24 heteroatoms. The minimum Gasteiger partial charge on any atom is -0.481 e. The van der Waals surface area contributed by atoms with Gasteiger partial charge in [0.1, 0.15) is 0 Å². The van der Waals surface area contributed by atoms with Gasteiger partial charge >= 0.3 is 24.5 Å². The van der Waals surface area contributed by atoms with Crippen molar-refractivity contribution in [3.05, 3.63) is 0 Å². The molecule has 1 amide bonds. The van der Waals surface area contributed by atoms with Gasteiger partial charge in [-0.25, -0.2) is 4.21 Å². The van der Waals surface area contributed by atoms with E-state index in [9.17, 15) is 53.9 Å². The SMILES string of the molecule is CCCCCCCNC.CN(CCCCCCO)C(=O)CCCCCCOCCC(F)(F)F.O=C(Cl)CCCCCCOCCC(F)(F)F.O=C(O)CCCCCCOCCC(F)(F)F.O=S(Cl)Cl. The fourth-order valence-electron chi connectivity index (χ4n) is 5.39. The molecule has 0 rings (SSSR count). The normalized spacial score (nSPS) is 11.3. The molecule has 3 N–H and O–H groups in total. The van der Waals surface area contributed by atoms with Crippen molar-refractivity contribution < 1.29 is 82.5 Å². The third kappa shape index (κ3) is 93.4. The van der Waals surface area contributed by atoms with Crippen molar-refractivity contribution in [2.45, 2.75) is 199 Å². The molecule has 0 aliphatic heterocycles. The van der Waals surface area contributed by atoms with Gasteiger partial charge in [-0.3, -0.25) is 14.4 Å². The van der Waals surface area contributed by atoms with Crippen molar-refractivity contribution in [3.8, 4) is 0 Å². The molecule has 0 aromatic carbocycles. The van der Waals surface area contributed by atoms with Crippen LogP contribution >= 0.6 is 33.0 Å². The molecule has 0 unspecified atom stereocenters. The molecule has 0 saturated carbocycles. The van der Waals surface area contributed by atoms with E-state index in [-0.39, 0.29) is 44.0 Å². The number of carboxylic acids is 1. The van der Waals surface area contributed by atoms with Gasteiger partial charge in [-0.05, 0) is 83.0 Å². The van der Waals surface area contributed by atoms with E-state index in [1.54, 1.807) is 4.90 Å². The maximum absolute atomic E-state index is 11.9. The van der Waals surface area contributed by atoms with Gasteiger partial charge in [0.15, 0.2) is 0 Å². The maximum atomic E-state index is 11.9. The minimum absolute atomic E-state index is 0.138. The van der Waals surface area contributed by atoms with Gasteiger partial charge in [0.2, 0.25) is 20.4 Å². The van der Waals surface area contributed by atoms with Crippen molar-refractivity contribution in [3.63, 3.8) is 0 Å². The molecular weight excluding hydrogens is 1020 g/mol. The van der Waals surface area contributed by atoms with Gasteiger partial charge < -0.3 is 34.6 Å². The minimum atomic E-state index is -4.15. The van der Waals surface area contributed by atoms with Gasteiger partial charge in [-0.1, -0.05) is 84.0 Å². The molecule has 418 valence electrons. The standard InChI is InChI=1S/C17H32F3NO3.C10H16ClF3O2.C10H17F3O3.C8H19N.Cl2OS/c1-21(12-7-3-4-8-13-22)16(23)10-6-2-5-9-14-24-15-11-17(18,19)20;11-9(15)5-3-1-2-4-7-16-8-6-10(12,13)14;11-10(12,13)6-8-16-7-4-2-1-3-5-9(14)15;1-3-4-5-6-7-8-9-2;1-4(2)3/h22H,2-15H2,1H3;1-8H2;1-8H2,(H,14,15);9H,3-8H2,1-2H3;.